The topological polar surface area (TPSA) is 70.7 Å². The number of benzene rings is 1. The van der Waals surface area contributed by atoms with E-state index in [2.05, 4.69) is 0 Å². The Bertz CT molecular complexity index is 613. The molecule has 0 amide bonds. The van der Waals surface area contributed by atoms with Gasteiger partial charge >= 0.3 is 12.1 Å². The minimum Gasteiger partial charge on any atom is -0.475 e. The Balaban J connectivity index is 2.24. The number of aromatic carboxylic acids is 1. The number of hydrogen-bond acceptors (Lipinski definition) is 3. The monoisotopic (exact) mass is 286 g/mol. The number of carbonyl (C=O) groups is 1. The molecule has 106 valence electrons. The number of alkyl halides is 3. The van der Waals surface area contributed by atoms with Gasteiger partial charge in [-0.3, -0.25) is 0 Å². The van der Waals surface area contributed by atoms with Crippen LogP contribution in [0.1, 0.15) is 33.5 Å². The lowest BCUT2D eigenvalue weighted by atomic mass is 10.1. The number of halogens is 3. The summed E-state index contributed by atoms with van der Waals surface area (Å²) in [7, 11) is 0. The fourth-order valence-corrected chi connectivity index (χ4v) is 1.63. The van der Waals surface area contributed by atoms with Crippen LogP contribution in [0.15, 0.2) is 40.8 Å². The highest BCUT2D eigenvalue weighted by molar-refractivity contribution is 5.84. The molecule has 0 radical (unpaired) electrons. The van der Waals surface area contributed by atoms with Gasteiger partial charge in [-0.2, -0.15) is 13.2 Å². The van der Waals surface area contributed by atoms with E-state index in [4.69, 9.17) is 9.52 Å². The van der Waals surface area contributed by atoms with Crippen molar-refractivity contribution in [2.75, 3.05) is 0 Å². The maximum absolute atomic E-state index is 12.4. The molecule has 0 spiro atoms. The number of carboxylic acid groups (broad SMARTS) is 1. The Labute approximate surface area is 111 Å². The molecular weight excluding hydrogens is 277 g/mol. The molecule has 20 heavy (non-hydrogen) atoms. The van der Waals surface area contributed by atoms with E-state index in [1.165, 1.54) is 6.07 Å². The Morgan fingerprint density at radius 1 is 1.10 bits per heavy atom. The molecule has 0 aliphatic rings. The van der Waals surface area contributed by atoms with Gasteiger partial charge in [0.1, 0.15) is 11.9 Å². The first-order valence-corrected chi connectivity index (χ1v) is 5.47. The molecule has 1 heterocycles. The van der Waals surface area contributed by atoms with Crippen molar-refractivity contribution in [2.45, 2.75) is 12.3 Å². The van der Waals surface area contributed by atoms with Gasteiger partial charge in [0.15, 0.2) is 0 Å². The Morgan fingerprint density at radius 2 is 1.70 bits per heavy atom. The van der Waals surface area contributed by atoms with Gasteiger partial charge in [0.05, 0.1) is 5.56 Å². The minimum atomic E-state index is -4.45. The molecule has 0 aliphatic carbocycles. The summed E-state index contributed by atoms with van der Waals surface area (Å²) < 4.78 is 42.1. The molecule has 0 bridgehead atoms. The van der Waals surface area contributed by atoms with Gasteiger partial charge in [-0.1, -0.05) is 12.1 Å². The van der Waals surface area contributed by atoms with Crippen LogP contribution in [0.4, 0.5) is 13.2 Å². The van der Waals surface area contributed by atoms with Gasteiger partial charge in [0, 0.05) is 0 Å². The highest BCUT2D eigenvalue weighted by atomic mass is 19.4. The first-order valence-electron chi connectivity index (χ1n) is 5.47. The fourth-order valence-electron chi connectivity index (χ4n) is 1.63. The van der Waals surface area contributed by atoms with E-state index in [0.29, 0.717) is 0 Å². The van der Waals surface area contributed by atoms with Gasteiger partial charge < -0.3 is 14.6 Å². The average Bonchev–Trinajstić information content (AvgIpc) is 2.86. The van der Waals surface area contributed by atoms with Gasteiger partial charge in [0.2, 0.25) is 5.76 Å². The van der Waals surface area contributed by atoms with Crippen molar-refractivity contribution in [1.29, 1.82) is 0 Å². The predicted molar refractivity (Wildman–Crippen MR) is 61.2 cm³/mol. The molecule has 0 saturated carbocycles. The molecule has 4 nitrogen and oxygen atoms in total. The van der Waals surface area contributed by atoms with E-state index >= 15 is 0 Å². The molecule has 0 aliphatic heterocycles. The van der Waals surface area contributed by atoms with Crippen molar-refractivity contribution in [3.05, 3.63) is 59.0 Å². The van der Waals surface area contributed by atoms with E-state index in [1.54, 1.807) is 0 Å². The summed E-state index contributed by atoms with van der Waals surface area (Å²) in [6.45, 7) is 0. The van der Waals surface area contributed by atoms with E-state index in [-0.39, 0.29) is 17.1 Å². The molecular formula is C13H9F3O4. The molecule has 7 heteroatoms. The van der Waals surface area contributed by atoms with Gasteiger partial charge in [-0.25, -0.2) is 4.79 Å². The van der Waals surface area contributed by atoms with Crippen LogP contribution < -0.4 is 0 Å². The molecule has 1 unspecified atom stereocenters. The number of rotatable bonds is 3. The highest BCUT2D eigenvalue weighted by Gasteiger charge is 2.30. The lowest BCUT2D eigenvalue weighted by Gasteiger charge is -2.10. The second kappa shape index (κ2) is 5.01. The first-order chi connectivity index (χ1) is 9.29. The Kier molecular flexibility index (Phi) is 3.54. The Hall–Kier alpha value is -2.28. The molecule has 0 saturated heterocycles. The molecule has 2 N–H and O–H groups in total. The van der Waals surface area contributed by atoms with Crippen molar-refractivity contribution in [3.8, 4) is 0 Å². The summed E-state index contributed by atoms with van der Waals surface area (Å²) in [6, 6.07) is 6.29. The van der Waals surface area contributed by atoms with Crippen LogP contribution in [0, 0.1) is 0 Å². The molecule has 1 aromatic heterocycles. The molecule has 2 aromatic rings. The van der Waals surface area contributed by atoms with Gasteiger partial charge in [0.25, 0.3) is 0 Å². The van der Waals surface area contributed by atoms with Crippen molar-refractivity contribution in [2.24, 2.45) is 0 Å². The van der Waals surface area contributed by atoms with Crippen LogP contribution >= 0.6 is 0 Å². The van der Waals surface area contributed by atoms with Crippen LogP contribution in [0.5, 0.6) is 0 Å². The smallest absolute Gasteiger partial charge is 0.416 e. The van der Waals surface area contributed by atoms with E-state index in [1.807, 2.05) is 0 Å². The Morgan fingerprint density at radius 3 is 2.15 bits per heavy atom. The quantitative estimate of drug-likeness (QED) is 0.909. The minimum absolute atomic E-state index is 0.0536. The normalized spacial score (nSPS) is 13.2. The fraction of sp³-hybridized carbons (Fsp3) is 0.154. The zero-order chi connectivity index (χ0) is 14.9. The van der Waals surface area contributed by atoms with Crippen LogP contribution in [-0.2, 0) is 6.18 Å². The standard InChI is InChI=1S/C13H9F3O4/c14-13(15,16)8-3-1-7(2-4-8)11(17)9-5-6-10(20-9)12(18)19/h1-6,11,17H,(H,18,19). The molecule has 1 atom stereocenters. The maximum atomic E-state index is 12.4. The van der Waals surface area contributed by atoms with Gasteiger partial charge in [-0.15, -0.1) is 0 Å². The third-order valence-electron chi connectivity index (χ3n) is 2.66. The van der Waals surface area contributed by atoms with Crippen molar-refractivity contribution in [1.82, 2.24) is 0 Å². The second-order valence-electron chi connectivity index (χ2n) is 4.03. The summed E-state index contributed by atoms with van der Waals surface area (Å²) in [5.41, 5.74) is -0.664. The van der Waals surface area contributed by atoms with Crippen LogP contribution in [0.25, 0.3) is 0 Å². The van der Waals surface area contributed by atoms with E-state index in [0.717, 1.165) is 30.3 Å². The number of furan rings is 1. The van der Waals surface area contributed by atoms with Crippen molar-refractivity contribution < 1.29 is 32.6 Å². The van der Waals surface area contributed by atoms with E-state index < -0.39 is 23.8 Å². The third-order valence-corrected chi connectivity index (χ3v) is 2.66. The summed E-state index contributed by atoms with van der Waals surface area (Å²) in [4.78, 5) is 10.6. The van der Waals surface area contributed by atoms with Gasteiger partial charge in [-0.05, 0) is 29.8 Å². The maximum Gasteiger partial charge on any atom is 0.416 e. The second-order valence-corrected chi connectivity index (χ2v) is 4.03. The van der Waals surface area contributed by atoms with Crippen LogP contribution in [0.3, 0.4) is 0 Å². The predicted octanol–water partition coefficient (Wildman–Crippen LogP) is 3.08. The number of hydrogen-bond donors (Lipinski definition) is 2. The largest absolute Gasteiger partial charge is 0.475 e. The zero-order valence-corrected chi connectivity index (χ0v) is 9.89. The third kappa shape index (κ3) is 2.83. The SMILES string of the molecule is O=C(O)c1ccc(C(O)c2ccc(C(F)(F)F)cc2)o1. The molecule has 0 fully saturated rings. The van der Waals surface area contributed by atoms with Crippen molar-refractivity contribution in [3.63, 3.8) is 0 Å². The molecule has 1 aromatic carbocycles. The summed E-state index contributed by atoms with van der Waals surface area (Å²) >= 11 is 0. The van der Waals surface area contributed by atoms with E-state index in [9.17, 15) is 23.1 Å². The lowest BCUT2D eigenvalue weighted by Crippen LogP contribution is -2.05. The molecule has 2 rings (SSSR count). The summed E-state index contributed by atoms with van der Waals surface area (Å²) in [5, 5.41) is 18.6. The number of carboxylic acids is 1. The lowest BCUT2D eigenvalue weighted by molar-refractivity contribution is -0.137. The number of aliphatic hydroxyl groups excluding tert-OH is 1. The average molecular weight is 286 g/mol. The first kappa shape index (κ1) is 14.1. The summed E-state index contributed by atoms with van der Waals surface area (Å²) in [5.74, 6) is -1.70. The summed E-state index contributed by atoms with van der Waals surface area (Å²) in [6.07, 6.45) is -5.78. The highest BCUT2D eigenvalue weighted by Crippen LogP contribution is 2.31. The van der Waals surface area contributed by atoms with Crippen LogP contribution in [-0.4, -0.2) is 16.2 Å². The van der Waals surface area contributed by atoms with Crippen LogP contribution in [0.2, 0.25) is 0 Å². The number of aliphatic hydroxyl groups is 1. The van der Waals surface area contributed by atoms with Crippen molar-refractivity contribution >= 4 is 5.97 Å². The zero-order valence-electron chi connectivity index (χ0n) is 9.89.